The number of fused-ring (bicyclic) bond motifs is 5. The fourth-order valence-electron chi connectivity index (χ4n) is 7.18. The summed E-state index contributed by atoms with van der Waals surface area (Å²) >= 11 is 0. The number of H-pyrrole nitrogens is 1. The van der Waals surface area contributed by atoms with Crippen LogP contribution in [0.2, 0.25) is 0 Å². The Balaban J connectivity index is 1.19. The molecule has 3 N–H and O–H groups in total. The van der Waals surface area contributed by atoms with E-state index in [1.807, 2.05) is 62.4 Å². The molecular weight excluding hydrogens is 604 g/mol. The molecule has 9 nitrogen and oxygen atoms in total. The number of rotatable bonds is 8. The molecule has 1 aliphatic carbocycles. The summed E-state index contributed by atoms with van der Waals surface area (Å²) in [6.45, 7) is 5.06. The molecule has 1 amide bonds. The van der Waals surface area contributed by atoms with Gasteiger partial charge in [-0.15, -0.1) is 0 Å². The normalized spacial score (nSPS) is 15.1. The van der Waals surface area contributed by atoms with Crippen LogP contribution in [0.3, 0.4) is 0 Å². The lowest BCUT2D eigenvalue weighted by Gasteiger charge is -2.24. The molecule has 0 spiro atoms. The highest BCUT2D eigenvalue weighted by Crippen LogP contribution is 2.47. The number of nitrogens with zero attached hydrogens (tertiary/aromatic N) is 2. The van der Waals surface area contributed by atoms with Gasteiger partial charge in [-0.3, -0.25) is 4.79 Å². The Morgan fingerprint density at radius 1 is 1.06 bits per heavy atom. The van der Waals surface area contributed by atoms with Crippen molar-refractivity contribution in [2.24, 2.45) is 0 Å². The zero-order chi connectivity index (χ0) is 33.4. The maximum atomic E-state index is 13.9. The maximum Gasteiger partial charge on any atom is 0.328 e. The molecule has 9 heteroatoms. The standard InChI is InChI=1S/C39H40N4O5/c1-39(2,38-40-23-31(41-38)25-12-9-24(10-13-25)11-18-34(44)45)42-37(46)27-14-16-29-32(21-27)43-19-20-48-33-22-28(47-3)15-17-30(33)36(43)35(29)26-7-5-4-6-8-26/h9-18,21-23,26H,4-8,19-20H2,1-3H3,(H,40,41)(H,42,46)(H,44,45)/b18-11+. The fourth-order valence-corrected chi connectivity index (χ4v) is 7.18. The number of hydrogen-bond acceptors (Lipinski definition) is 5. The van der Waals surface area contributed by atoms with Crippen LogP contribution in [0.15, 0.2) is 72.9 Å². The summed E-state index contributed by atoms with van der Waals surface area (Å²) in [6.07, 6.45) is 10.4. The van der Waals surface area contributed by atoms with Crippen LogP contribution in [0.5, 0.6) is 11.5 Å². The lowest BCUT2D eigenvalue weighted by molar-refractivity contribution is -0.131. The van der Waals surface area contributed by atoms with Gasteiger partial charge in [0.1, 0.15) is 23.9 Å². The number of carboxylic acid groups (broad SMARTS) is 1. The van der Waals surface area contributed by atoms with E-state index in [-0.39, 0.29) is 5.91 Å². The molecule has 2 aliphatic rings. The Kier molecular flexibility index (Phi) is 8.29. The molecule has 1 saturated carbocycles. The van der Waals surface area contributed by atoms with Crippen LogP contribution in [0.25, 0.3) is 39.5 Å². The molecule has 1 fully saturated rings. The van der Waals surface area contributed by atoms with Crippen molar-refractivity contribution in [3.05, 3.63) is 95.5 Å². The zero-order valence-corrected chi connectivity index (χ0v) is 27.5. The molecule has 0 radical (unpaired) electrons. The minimum absolute atomic E-state index is 0.181. The molecule has 0 saturated heterocycles. The third-order valence-corrected chi connectivity index (χ3v) is 9.63. The fraction of sp³-hybridized carbons (Fsp3) is 0.308. The van der Waals surface area contributed by atoms with Crippen LogP contribution < -0.4 is 14.8 Å². The number of methoxy groups -OCH3 is 1. The van der Waals surface area contributed by atoms with Gasteiger partial charge in [-0.05, 0) is 79.6 Å². The third kappa shape index (κ3) is 5.96. The van der Waals surface area contributed by atoms with Crippen molar-refractivity contribution in [1.29, 1.82) is 0 Å². The monoisotopic (exact) mass is 644 g/mol. The van der Waals surface area contributed by atoms with Gasteiger partial charge in [-0.1, -0.05) is 49.6 Å². The lowest BCUT2D eigenvalue weighted by Crippen LogP contribution is -2.41. The van der Waals surface area contributed by atoms with Crippen molar-refractivity contribution in [1.82, 2.24) is 19.9 Å². The molecule has 7 rings (SSSR count). The van der Waals surface area contributed by atoms with Crippen molar-refractivity contribution < 1.29 is 24.2 Å². The molecule has 246 valence electrons. The first-order valence-electron chi connectivity index (χ1n) is 16.6. The van der Waals surface area contributed by atoms with Crippen molar-refractivity contribution in [3.63, 3.8) is 0 Å². The predicted octanol–water partition coefficient (Wildman–Crippen LogP) is 7.91. The molecule has 5 aromatic rings. The van der Waals surface area contributed by atoms with E-state index in [0.29, 0.717) is 30.5 Å². The summed E-state index contributed by atoms with van der Waals surface area (Å²) in [7, 11) is 1.67. The van der Waals surface area contributed by atoms with Crippen LogP contribution >= 0.6 is 0 Å². The van der Waals surface area contributed by atoms with Gasteiger partial charge in [0.05, 0.1) is 36.8 Å². The highest BCUT2D eigenvalue weighted by molar-refractivity contribution is 6.01. The molecule has 48 heavy (non-hydrogen) atoms. The number of nitrogens with one attached hydrogen (secondary N) is 2. The zero-order valence-electron chi connectivity index (χ0n) is 27.5. The first kappa shape index (κ1) is 31.3. The van der Waals surface area contributed by atoms with Crippen molar-refractivity contribution in [2.75, 3.05) is 13.7 Å². The molecule has 1 aliphatic heterocycles. The molecule has 3 heterocycles. The molecule has 0 unspecified atom stereocenters. The SMILES string of the molecule is COc1ccc2c(c1)OCCn1c-2c(C2CCCCC2)c2ccc(C(=O)NC(C)(C)c3ncc(-c4ccc(/C=C/C(=O)O)cc4)[nH]3)cc21. The largest absolute Gasteiger partial charge is 0.497 e. The Morgan fingerprint density at radius 3 is 2.60 bits per heavy atom. The number of aromatic nitrogens is 3. The number of aromatic amines is 1. The van der Waals surface area contributed by atoms with Gasteiger partial charge in [0.15, 0.2) is 0 Å². The summed E-state index contributed by atoms with van der Waals surface area (Å²) < 4.78 is 14.1. The first-order valence-corrected chi connectivity index (χ1v) is 16.6. The van der Waals surface area contributed by atoms with E-state index in [9.17, 15) is 9.59 Å². The topological polar surface area (TPSA) is 118 Å². The average Bonchev–Trinajstić information content (AvgIpc) is 3.67. The number of carbonyl (C=O) groups is 2. The third-order valence-electron chi connectivity index (χ3n) is 9.63. The number of carboxylic acids is 1. The minimum atomic E-state index is -0.990. The second-order valence-corrected chi connectivity index (χ2v) is 13.2. The van der Waals surface area contributed by atoms with Gasteiger partial charge < -0.3 is 29.4 Å². The summed E-state index contributed by atoms with van der Waals surface area (Å²) in [5.41, 5.74) is 6.96. The van der Waals surface area contributed by atoms with Crippen LogP contribution in [0, 0.1) is 0 Å². The van der Waals surface area contributed by atoms with E-state index < -0.39 is 11.5 Å². The van der Waals surface area contributed by atoms with Crippen molar-refractivity contribution in [2.45, 2.75) is 64.0 Å². The van der Waals surface area contributed by atoms with Gasteiger partial charge >= 0.3 is 5.97 Å². The Bertz CT molecular complexity index is 2030. The van der Waals surface area contributed by atoms with E-state index in [0.717, 1.165) is 58.3 Å². The van der Waals surface area contributed by atoms with Gasteiger partial charge in [-0.2, -0.15) is 0 Å². The quantitative estimate of drug-likeness (QED) is 0.148. The smallest absolute Gasteiger partial charge is 0.328 e. The van der Waals surface area contributed by atoms with E-state index >= 15 is 0 Å². The van der Waals surface area contributed by atoms with Crippen LogP contribution in [-0.4, -0.2) is 45.2 Å². The van der Waals surface area contributed by atoms with Crippen molar-refractivity contribution >= 4 is 28.9 Å². The van der Waals surface area contributed by atoms with E-state index in [1.54, 1.807) is 19.4 Å². The lowest BCUT2D eigenvalue weighted by atomic mass is 9.81. The van der Waals surface area contributed by atoms with E-state index in [1.165, 1.54) is 35.9 Å². The number of benzene rings is 3. The van der Waals surface area contributed by atoms with Gasteiger partial charge in [0.25, 0.3) is 5.91 Å². The van der Waals surface area contributed by atoms with Crippen LogP contribution in [0.1, 0.15) is 79.2 Å². The Hall–Kier alpha value is -5.31. The number of aliphatic carboxylic acids is 1. The predicted molar refractivity (Wildman–Crippen MR) is 186 cm³/mol. The number of carbonyl (C=O) groups excluding carboxylic acids is 1. The maximum absolute atomic E-state index is 13.9. The van der Waals surface area contributed by atoms with Crippen molar-refractivity contribution in [3.8, 4) is 34.0 Å². The number of ether oxygens (including phenoxy) is 2. The number of hydrogen-bond donors (Lipinski definition) is 3. The Labute approximate surface area is 279 Å². The van der Waals surface area contributed by atoms with Gasteiger partial charge in [-0.25, -0.2) is 9.78 Å². The number of amides is 1. The second kappa shape index (κ2) is 12.7. The molecule has 3 aromatic carbocycles. The number of imidazole rings is 1. The highest BCUT2D eigenvalue weighted by atomic mass is 16.5. The van der Waals surface area contributed by atoms with Gasteiger partial charge in [0.2, 0.25) is 0 Å². The first-order chi connectivity index (χ1) is 23.2. The molecule has 0 bridgehead atoms. The molecule has 0 atom stereocenters. The molecule has 2 aromatic heterocycles. The van der Waals surface area contributed by atoms with E-state index in [2.05, 4.69) is 32.0 Å². The van der Waals surface area contributed by atoms with Crippen LogP contribution in [-0.2, 0) is 16.9 Å². The molecular formula is C39H40N4O5. The van der Waals surface area contributed by atoms with Crippen LogP contribution in [0.4, 0.5) is 0 Å². The summed E-state index contributed by atoms with van der Waals surface area (Å²) in [5, 5.41) is 13.3. The Morgan fingerprint density at radius 2 is 1.85 bits per heavy atom. The minimum Gasteiger partial charge on any atom is -0.497 e. The van der Waals surface area contributed by atoms with E-state index in [4.69, 9.17) is 14.6 Å². The summed E-state index contributed by atoms with van der Waals surface area (Å²) in [4.78, 5) is 32.7. The summed E-state index contributed by atoms with van der Waals surface area (Å²) in [5.74, 6) is 1.51. The highest BCUT2D eigenvalue weighted by Gasteiger charge is 2.31. The van der Waals surface area contributed by atoms with Gasteiger partial charge in [0, 0.05) is 34.2 Å². The second-order valence-electron chi connectivity index (χ2n) is 13.2. The summed E-state index contributed by atoms with van der Waals surface area (Å²) in [6, 6.07) is 19.7. The average molecular weight is 645 g/mol.